The highest BCUT2D eigenvalue weighted by atomic mass is 16.5. The standard InChI is InChI=1S/C20H16N4O2/c1-13-11-15(26-14-6-9-21-10-7-14)4-5-18(13)24-20(25)17-12-23-19-16(17)3-2-8-22-19/h2-12H,1H3,(H,22,23)(H,24,25). The fourth-order valence-corrected chi connectivity index (χ4v) is 2.72. The first kappa shape index (κ1) is 15.8. The highest BCUT2D eigenvalue weighted by Gasteiger charge is 2.13. The van der Waals surface area contributed by atoms with Crippen molar-refractivity contribution < 1.29 is 9.53 Å². The number of carbonyl (C=O) groups excluding carboxylic acids is 1. The summed E-state index contributed by atoms with van der Waals surface area (Å²) in [5.74, 6) is 1.22. The Bertz CT molecular complexity index is 1070. The van der Waals surface area contributed by atoms with Gasteiger partial charge in [0.15, 0.2) is 0 Å². The molecule has 2 N–H and O–H groups in total. The highest BCUT2D eigenvalue weighted by Crippen LogP contribution is 2.26. The van der Waals surface area contributed by atoms with Crippen molar-refractivity contribution in [3.05, 3.63) is 78.4 Å². The topological polar surface area (TPSA) is 79.9 Å². The van der Waals surface area contributed by atoms with Crippen LogP contribution in [-0.4, -0.2) is 20.9 Å². The molecule has 0 saturated carbocycles. The minimum absolute atomic E-state index is 0.185. The number of pyridine rings is 2. The largest absolute Gasteiger partial charge is 0.457 e. The normalized spacial score (nSPS) is 10.7. The predicted molar refractivity (Wildman–Crippen MR) is 99.5 cm³/mol. The number of aromatic amines is 1. The third-order valence-electron chi connectivity index (χ3n) is 4.03. The lowest BCUT2D eigenvalue weighted by Crippen LogP contribution is -2.12. The van der Waals surface area contributed by atoms with Gasteiger partial charge in [0.1, 0.15) is 17.1 Å². The number of fused-ring (bicyclic) bond motifs is 1. The van der Waals surface area contributed by atoms with E-state index in [1.807, 2.05) is 37.3 Å². The van der Waals surface area contributed by atoms with E-state index in [0.29, 0.717) is 22.7 Å². The summed E-state index contributed by atoms with van der Waals surface area (Å²) in [6, 6.07) is 12.8. The number of H-pyrrole nitrogens is 1. The zero-order chi connectivity index (χ0) is 17.9. The molecule has 4 aromatic rings. The molecule has 3 aromatic heterocycles. The van der Waals surface area contributed by atoms with E-state index in [0.717, 1.165) is 16.6 Å². The van der Waals surface area contributed by atoms with E-state index in [1.54, 1.807) is 36.9 Å². The summed E-state index contributed by atoms with van der Waals surface area (Å²) in [5.41, 5.74) is 2.89. The summed E-state index contributed by atoms with van der Waals surface area (Å²) in [7, 11) is 0. The van der Waals surface area contributed by atoms with Gasteiger partial charge in [-0.15, -0.1) is 0 Å². The second-order valence-electron chi connectivity index (χ2n) is 5.82. The van der Waals surface area contributed by atoms with Gasteiger partial charge in [0.25, 0.3) is 5.91 Å². The van der Waals surface area contributed by atoms with Crippen LogP contribution in [0.2, 0.25) is 0 Å². The number of anilines is 1. The SMILES string of the molecule is Cc1cc(Oc2ccncc2)ccc1NC(=O)c1c[nH]c2ncccc12. The van der Waals surface area contributed by atoms with Crippen molar-refractivity contribution in [1.82, 2.24) is 15.0 Å². The number of rotatable bonds is 4. The van der Waals surface area contributed by atoms with E-state index in [-0.39, 0.29) is 5.91 Å². The lowest BCUT2D eigenvalue weighted by Gasteiger charge is -2.11. The maximum Gasteiger partial charge on any atom is 0.257 e. The minimum Gasteiger partial charge on any atom is -0.457 e. The number of benzene rings is 1. The van der Waals surface area contributed by atoms with Crippen molar-refractivity contribution in [2.75, 3.05) is 5.32 Å². The van der Waals surface area contributed by atoms with Crippen molar-refractivity contribution in [2.24, 2.45) is 0 Å². The number of aryl methyl sites for hydroxylation is 1. The average molecular weight is 344 g/mol. The number of hydrogen-bond donors (Lipinski definition) is 2. The molecule has 1 aromatic carbocycles. The lowest BCUT2D eigenvalue weighted by atomic mass is 10.1. The molecule has 6 heteroatoms. The van der Waals surface area contributed by atoms with E-state index in [4.69, 9.17) is 4.74 Å². The molecular weight excluding hydrogens is 328 g/mol. The third kappa shape index (κ3) is 3.12. The zero-order valence-electron chi connectivity index (χ0n) is 14.1. The number of carbonyl (C=O) groups is 1. The second kappa shape index (κ2) is 6.68. The Balaban J connectivity index is 1.54. The van der Waals surface area contributed by atoms with Crippen molar-refractivity contribution >= 4 is 22.6 Å². The van der Waals surface area contributed by atoms with E-state index < -0.39 is 0 Å². The van der Waals surface area contributed by atoms with Crippen molar-refractivity contribution in [1.29, 1.82) is 0 Å². The zero-order valence-corrected chi connectivity index (χ0v) is 14.1. The summed E-state index contributed by atoms with van der Waals surface area (Å²) in [4.78, 5) is 23.8. The Kier molecular flexibility index (Phi) is 4.07. The number of aromatic nitrogens is 3. The van der Waals surface area contributed by atoms with Gasteiger partial charge >= 0.3 is 0 Å². The Morgan fingerprint density at radius 1 is 1.08 bits per heavy atom. The molecule has 0 fully saturated rings. The van der Waals surface area contributed by atoms with E-state index >= 15 is 0 Å². The quantitative estimate of drug-likeness (QED) is 0.578. The van der Waals surface area contributed by atoms with Gasteiger partial charge in [0, 0.05) is 35.9 Å². The summed E-state index contributed by atoms with van der Waals surface area (Å²) in [6.45, 7) is 1.92. The molecule has 6 nitrogen and oxygen atoms in total. The molecule has 26 heavy (non-hydrogen) atoms. The fourth-order valence-electron chi connectivity index (χ4n) is 2.72. The van der Waals surface area contributed by atoms with Gasteiger partial charge in [-0.2, -0.15) is 0 Å². The van der Waals surface area contributed by atoms with Gasteiger partial charge < -0.3 is 15.0 Å². The van der Waals surface area contributed by atoms with Gasteiger partial charge in [-0.05, 0) is 55.0 Å². The van der Waals surface area contributed by atoms with Crippen LogP contribution >= 0.6 is 0 Å². The number of nitrogens with zero attached hydrogens (tertiary/aromatic N) is 2. The molecular formula is C20H16N4O2. The highest BCUT2D eigenvalue weighted by molar-refractivity contribution is 6.12. The van der Waals surface area contributed by atoms with Crippen LogP contribution in [0, 0.1) is 6.92 Å². The Hall–Kier alpha value is -3.67. The van der Waals surface area contributed by atoms with Gasteiger partial charge in [-0.3, -0.25) is 9.78 Å². The summed E-state index contributed by atoms with van der Waals surface area (Å²) in [5, 5.41) is 3.74. The molecule has 0 aliphatic rings. The first-order chi connectivity index (χ1) is 12.7. The molecule has 0 saturated heterocycles. The first-order valence-corrected chi connectivity index (χ1v) is 8.13. The molecule has 0 unspecified atom stereocenters. The van der Waals surface area contributed by atoms with E-state index in [9.17, 15) is 4.79 Å². The molecule has 0 aliphatic heterocycles. The number of nitrogens with one attached hydrogen (secondary N) is 2. The van der Waals surface area contributed by atoms with E-state index in [2.05, 4.69) is 20.3 Å². The van der Waals surface area contributed by atoms with Gasteiger partial charge in [-0.25, -0.2) is 4.98 Å². The summed E-state index contributed by atoms with van der Waals surface area (Å²) >= 11 is 0. The second-order valence-corrected chi connectivity index (χ2v) is 5.82. The van der Waals surface area contributed by atoms with Crippen LogP contribution in [0.5, 0.6) is 11.5 Å². The van der Waals surface area contributed by atoms with Crippen LogP contribution in [0.3, 0.4) is 0 Å². The molecule has 4 rings (SSSR count). The summed E-state index contributed by atoms with van der Waals surface area (Å²) < 4.78 is 5.78. The van der Waals surface area contributed by atoms with Crippen LogP contribution in [0.15, 0.2) is 67.3 Å². The smallest absolute Gasteiger partial charge is 0.257 e. The maximum absolute atomic E-state index is 12.6. The van der Waals surface area contributed by atoms with E-state index in [1.165, 1.54) is 0 Å². The molecule has 0 radical (unpaired) electrons. The Morgan fingerprint density at radius 3 is 2.73 bits per heavy atom. The molecule has 128 valence electrons. The predicted octanol–water partition coefficient (Wildman–Crippen LogP) is 4.31. The average Bonchev–Trinajstić information content (AvgIpc) is 3.09. The van der Waals surface area contributed by atoms with Crippen LogP contribution in [0.4, 0.5) is 5.69 Å². The number of ether oxygens (including phenoxy) is 1. The molecule has 0 atom stereocenters. The van der Waals surface area contributed by atoms with Gasteiger partial charge in [0.05, 0.1) is 5.56 Å². The lowest BCUT2D eigenvalue weighted by molar-refractivity contribution is 0.102. The first-order valence-electron chi connectivity index (χ1n) is 8.13. The van der Waals surface area contributed by atoms with Crippen molar-refractivity contribution in [2.45, 2.75) is 6.92 Å². The monoisotopic (exact) mass is 344 g/mol. The molecule has 1 amide bonds. The molecule has 0 spiro atoms. The van der Waals surface area contributed by atoms with Crippen molar-refractivity contribution in [3.63, 3.8) is 0 Å². The van der Waals surface area contributed by atoms with Gasteiger partial charge in [-0.1, -0.05) is 0 Å². The molecule has 0 aliphatic carbocycles. The minimum atomic E-state index is -0.185. The number of hydrogen-bond acceptors (Lipinski definition) is 4. The Morgan fingerprint density at radius 2 is 1.92 bits per heavy atom. The van der Waals surface area contributed by atoms with Crippen molar-refractivity contribution in [3.8, 4) is 11.5 Å². The maximum atomic E-state index is 12.6. The molecule has 0 bridgehead atoms. The fraction of sp³-hybridized carbons (Fsp3) is 0.0500. The van der Waals surface area contributed by atoms with Gasteiger partial charge in [0.2, 0.25) is 0 Å². The van der Waals surface area contributed by atoms with Crippen LogP contribution in [0.25, 0.3) is 11.0 Å². The number of amides is 1. The third-order valence-corrected chi connectivity index (χ3v) is 4.03. The van der Waals surface area contributed by atoms with Crippen LogP contribution in [-0.2, 0) is 0 Å². The summed E-state index contributed by atoms with van der Waals surface area (Å²) in [6.07, 6.45) is 6.70. The molecule has 3 heterocycles. The van der Waals surface area contributed by atoms with Crippen LogP contribution < -0.4 is 10.1 Å². The van der Waals surface area contributed by atoms with Crippen LogP contribution in [0.1, 0.15) is 15.9 Å². The Labute approximate surface area is 149 Å².